The number of carbonyl (C=O) groups is 1. The molecule has 0 aliphatic heterocycles. The first-order chi connectivity index (χ1) is 10.6. The number of aliphatic hydroxyl groups is 1. The summed E-state index contributed by atoms with van der Waals surface area (Å²) in [6.45, 7) is 2.17. The molecule has 22 heavy (non-hydrogen) atoms. The summed E-state index contributed by atoms with van der Waals surface area (Å²) in [7, 11) is 0. The van der Waals surface area contributed by atoms with Crippen LogP contribution in [-0.2, 0) is 11.3 Å². The molecule has 2 aromatic rings. The Morgan fingerprint density at radius 2 is 2.23 bits per heavy atom. The number of hydrogen-bond donors (Lipinski definition) is 2. The van der Waals surface area contributed by atoms with E-state index in [-0.39, 0.29) is 18.7 Å². The normalized spacial score (nSPS) is 23.6. The minimum Gasteiger partial charge on any atom is -0.445 e. The summed E-state index contributed by atoms with van der Waals surface area (Å²) >= 11 is 0. The number of alkyl carbamates (subject to hydrolysis) is 1. The second-order valence-corrected chi connectivity index (χ2v) is 5.60. The van der Waals surface area contributed by atoms with E-state index in [9.17, 15) is 9.90 Å². The smallest absolute Gasteiger partial charge is 0.407 e. The topological polar surface area (TPSA) is 76.4 Å². The number of hydrogen-bond acceptors (Lipinski definition) is 4. The van der Waals surface area contributed by atoms with E-state index in [4.69, 9.17) is 4.74 Å². The van der Waals surface area contributed by atoms with Crippen LogP contribution in [0.5, 0.6) is 0 Å². The molecule has 1 aliphatic carbocycles. The van der Waals surface area contributed by atoms with Crippen molar-refractivity contribution in [1.29, 1.82) is 0 Å². The Bertz CT molecular complexity index is 641. The van der Waals surface area contributed by atoms with Gasteiger partial charge in [-0.25, -0.2) is 4.79 Å². The zero-order valence-electron chi connectivity index (χ0n) is 12.3. The summed E-state index contributed by atoms with van der Waals surface area (Å²) in [5.74, 6) is 0. The lowest BCUT2D eigenvalue weighted by Gasteiger charge is -2.41. The van der Waals surface area contributed by atoms with Crippen LogP contribution in [0.1, 0.15) is 23.6 Å². The molecule has 0 spiro atoms. The number of nitrogens with zero attached hydrogens (tertiary/aromatic N) is 2. The fourth-order valence-electron chi connectivity index (χ4n) is 2.63. The van der Waals surface area contributed by atoms with Crippen molar-refractivity contribution < 1.29 is 14.6 Å². The van der Waals surface area contributed by atoms with Crippen molar-refractivity contribution in [2.75, 3.05) is 0 Å². The lowest BCUT2D eigenvalue weighted by atomic mass is 9.83. The van der Waals surface area contributed by atoms with E-state index in [0.29, 0.717) is 6.42 Å². The maximum absolute atomic E-state index is 11.9. The summed E-state index contributed by atoms with van der Waals surface area (Å²) in [6, 6.07) is 9.10. The number of carbonyl (C=O) groups excluding carboxylic acids is 1. The molecule has 2 N–H and O–H groups in total. The second-order valence-electron chi connectivity index (χ2n) is 5.60. The highest BCUT2D eigenvalue weighted by molar-refractivity contribution is 5.68. The van der Waals surface area contributed by atoms with Gasteiger partial charge in [0.05, 0.1) is 24.4 Å². The molecule has 0 bridgehead atoms. The monoisotopic (exact) mass is 301 g/mol. The molecule has 6 nitrogen and oxygen atoms in total. The molecule has 1 saturated carbocycles. The van der Waals surface area contributed by atoms with Crippen LogP contribution >= 0.6 is 0 Å². The van der Waals surface area contributed by atoms with E-state index < -0.39 is 12.2 Å². The van der Waals surface area contributed by atoms with E-state index in [1.807, 2.05) is 43.5 Å². The van der Waals surface area contributed by atoms with Crippen molar-refractivity contribution in [3.8, 4) is 0 Å². The van der Waals surface area contributed by atoms with Gasteiger partial charge in [-0.3, -0.25) is 4.68 Å². The Balaban J connectivity index is 1.53. The van der Waals surface area contributed by atoms with Crippen LogP contribution in [0.25, 0.3) is 0 Å². The third kappa shape index (κ3) is 3.12. The molecule has 1 fully saturated rings. The van der Waals surface area contributed by atoms with Crippen molar-refractivity contribution >= 4 is 6.09 Å². The zero-order valence-corrected chi connectivity index (χ0v) is 12.3. The molecule has 1 aliphatic rings. The van der Waals surface area contributed by atoms with Crippen molar-refractivity contribution in [3.05, 3.63) is 53.9 Å². The summed E-state index contributed by atoms with van der Waals surface area (Å²) in [4.78, 5) is 11.9. The van der Waals surface area contributed by atoms with Crippen LogP contribution in [-0.4, -0.2) is 33.1 Å². The Hall–Kier alpha value is -2.34. The molecule has 1 heterocycles. The van der Waals surface area contributed by atoms with Crippen molar-refractivity contribution in [3.63, 3.8) is 0 Å². The van der Waals surface area contributed by atoms with Gasteiger partial charge in [0.1, 0.15) is 6.61 Å². The maximum atomic E-state index is 11.9. The number of ether oxygens (including phenoxy) is 1. The van der Waals surface area contributed by atoms with E-state index in [1.165, 1.54) is 0 Å². The molecule has 1 amide bonds. The van der Waals surface area contributed by atoms with Crippen LogP contribution < -0.4 is 5.32 Å². The largest absolute Gasteiger partial charge is 0.445 e. The summed E-state index contributed by atoms with van der Waals surface area (Å²) < 4.78 is 6.90. The minimum absolute atomic E-state index is 0.169. The fourth-order valence-corrected chi connectivity index (χ4v) is 2.63. The number of nitrogens with one attached hydrogen (secondary N) is 1. The van der Waals surface area contributed by atoms with Gasteiger partial charge in [0, 0.05) is 6.20 Å². The zero-order chi connectivity index (χ0) is 15.5. The summed E-state index contributed by atoms with van der Waals surface area (Å²) in [6.07, 6.45) is 3.12. The molecule has 0 saturated heterocycles. The van der Waals surface area contributed by atoms with Crippen molar-refractivity contribution in [2.45, 2.75) is 38.1 Å². The number of benzene rings is 1. The van der Waals surface area contributed by atoms with E-state index in [2.05, 4.69) is 10.4 Å². The van der Waals surface area contributed by atoms with Gasteiger partial charge in [-0.05, 0) is 24.5 Å². The highest BCUT2D eigenvalue weighted by Crippen LogP contribution is 2.32. The number of aryl methyl sites for hydroxylation is 1. The second kappa shape index (κ2) is 6.19. The Kier molecular flexibility index (Phi) is 4.11. The third-order valence-electron chi connectivity index (χ3n) is 3.85. The van der Waals surface area contributed by atoms with Crippen molar-refractivity contribution in [2.24, 2.45) is 0 Å². The van der Waals surface area contributed by atoms with Gasteiger partial charge < -0.3 is 15.2 Å². The predicted molar refractivity (Wildman–Crippen MR) is 80.2 cm³/mol. The van der Waals surface area contributed by atoms with Gasteiger partial charge in [0.25, 0.3) is 0 Å². The average molecular weight is 301 g/mol. The Morgan fingerprint density at radius 1 is 1.45 bits per heavy atom. The van der Waals surface area contributed by atoms with Gasteiger partial charge >= 0.3 is 6.09 Å². The number of aromatic nitrogens is 2. The first kappa shape index (κ1) is 14.6. The number of amides is 1. The van der Waals surface area contributed by atoms with Gasteiger partial charge in [0.2, 0.25) is 0 Å². The first-order valence-electron chi connectivity index (χ1n) is 7.29. The fraction of sp³-hybridized carbons (Fsp3) is 0.375. The molecule has 3 atom stereocenters. The third-order valence-corrected chi connectivity index (χ3v) is 3.85. The van der Waals surface area contributed by atoms with E-state index in [1.54, 1.807) is 10.9 Å². The molecule has 1 aromatic heterocycles. The highest BCUT2D eigenvalue weighted by Gasteiger charge is 2.43. The molecular formula is C16H19N3O3. The number of rotatable bonds is 4. The highest BCUT2D eigenvalue weighted by atomic mass is 16.5. The standard InChI is InChI=1S/C16H19N3O3/c1-11-8-17-19(9-11)15-13(7-14(15)20)18-16(21)22-10-12-5-3-2-4-6-12/h2-6,8-9,13-15,20H,7,10H2,1H3,(H,18,21)/t13-,14+,15+/m1/s1. The predicted octanol–water partition coefficient (Wildman–Crippen LogP) is 1.79. The SMILES string of the molecule is Cc1cnn([C@@H]2[C@@H](O)C[C@H]2NC(=O)OCc2ccccc2)c1. The minimum atomic E-state index is -0.501. The van der Waals surface area contributed by atoms with Crippen LogP contribution in [0.3, 0.4) is 0 Å². The quantitative estimate of drug-likeness (QED) is 0.902. The van der Waals surface area contributed by atoms with Gasteiger partial charge in [-0.2, -0.15) is 5.10 Å². The van der Waals surface area contributed by atoms with Crippen LogP contribution in [0.15, 0.2) is 42.7 Å². The van der Waals surface area contributed by atoms with E-state index in [0.717, 1.165) is 11.1 Å². The maximum Gasteiger partial charge on any atom is 0.407 e. The van der Waals surface area contributed by atoms with Crippen molar-refractivity contribution in [1.82, 2.24) is 15.1 Å². The Labute approximate surface area is 128 Å². The van der Waals surface area contributed by atoms with Crippen LogP contribution in [0, 0.1) is 6.92 Å². The van der Waals surface area contributed by atoms with E-state index >= 15 is 0 Å². The van der Waals surface area contributed by atoms with Gasteiger partial charge in [-0.15, -0.1) is 0 Å². The van der Waals surface area contributed by atoms with Crippen LogP contribution in [0.2, 0.25) is 0 Å². The Morgan fingerprint density at radius 3 is 2.86 bits per heavy atom. The molecule has 3 rings (SSSR count). The molecule has 0 unspecified atom stereocenters. The average Bonchev–Trinajstić information content (AvgIpc) is 2.91. The molecule has 0 radical (unpaired) electrons. The van der Waals surface area contributed by atoms with Crippen LogP contribution in [0.4, 0.5) is 4.79 Å². The lowest BCUT2D eigenvalue weighted by Crippen LogP contribution is -2.56. The molecular weight excluding hydrogens is 282 g/mol. The van der Waals surface area contributed by atoms with Gasteiger partial charge in [0.15, 0.2) is 0 Å². The summed E-state index contributed by atoms with van der Waals surface area (Å²) in [5, 5.41) is 16.9. The first-order valence-corrected chi connectivity index (χ1v) is 7.29. The molecule has 1 aromatic carbocycles. The van der Waals surface area contributed by atoms with Gasteiger partial charge in [-0.1, -0.05) is 30.3 Å². The number of aliphatic hydroxyl groups excluding tert-OH is 1. The lowest BCUT2D eigenvalue weighted by molar-refractivity contribution is -0.00793. The molecule has 116 valence electrons. The molecule has 6 heteroatoms. The summed E-state index contributed by atoms with van der Waals surface area (Å²) in [5.41, 5.74) is 1.95.